The van der Waals surface area contributed by atoms with Crippen LogP contribution in [0.5, 0.6) is 0 Å². The number of thiazole rings is 1. The summed E-state index contributed by atoms with van der Waals surface area (Å²) < 4.78 is 0. The molecule has 0 aromatic carbocycles. The summed E-state index contributed by atoms with van der Waals surface area (Å²) in [6.07, 6.45) is 6.80. The largest absolute Gasteiger partial charge is 0.316 e. The molecule has 0 saturated carbocycles. The molecule has 1 N–H and O–H groups in total. The van der Waals surface area contributed by atoms with Crippen molar-refractivity contribution in [3.8, 4) is 10.7 Å². The monoisotopic (exact) mass is 301 g/mol. The lowest BCUT2D eigenvalue weighted by atomic mass is 9.91. The molecule has 2 aromatic rings. The molecule has 0 amide bonds. The molecule has 1 aliphatic carbocycles. The van der Waals surface area contributed by atoms with Gasteiger partial charge >= 0.3 is 0 Å². The van der Waals surface area contributed by atoms with Crippen molar-refractivity contribution in [3.63, 3.8) is 0 Å². The first-order chi connectivity index (χ1) is 10.3. The summed E-state index contributed by atoms with van der Waals surface area (Å²) in [6.45, 7) is 6.48. The molecular formula is C17H23N3S. The van der Waals surface area contributed by atoms with Gasteiger partial charge in [0.1, 0.15) is 5.01 Å². The fourth-order valence-electron chi connectivity index (χ4n) is 2.92. The van der Waals surface area contributed by atoms with Crippen LogP contribution in [0.2, 0.25) is 0 Å². The third kappa shape index (κ3) is 3.33. The highest BCUT2D eigenvalue weighted by Crippen LogP contribution is 2.37. The van der Waals surface area contributed by atoms with Crippen LogP contribution in [0.1, 0.15) is 48.2 Å². The van der Waals surface area contributed by atoms with Crippen LogP contribution < -0.4 is 5.32 Å². The van der Waals surface area contributed by atoms with Crippen molar-refractivity contribution in [1.29, 1.82) is 0 Å². The predicted molar refractivity (Wildman–Crippen MR) is 88.9 cm³/mol. The number of hydrogen-bond donors (Lipinski definition) is 1. The van der Waals surface area contributed by atoms with Crippen LogP contribution in [0.4, 0.5) is 0 Å². The second kappa shape index (κ2) is 6.67. The maximum absolute atomic E-state index is 4.94. The summed E-state index contributed by atoms with van der Waals surface area (Å²) >= 11 is 1.84. The van der Waals surface area contributed by atoms with Crippen LogP contribution >= 0.6 is 11.3 Å². The van der Waals surface area contributed by atoms with E-state index in [2.05, 4.69) is 30.2 Å². The Hall–Kier alpha value is -1.26. The standard InChI is InChI=1S/C17H23N3S/c1-3-8-18-11-13-5-4-6-15-16(13)20-17(21-15)14-10-12(2)7-9-19-14/h7,9-10,13,18H,3-6,8,11H2,1-2H3. The lowest BCUT2D eigenvalue weighted by molar-refractivity contribution is 0.502. The van der Waals surface area contributed by atoms with Crippen molar-refractivity contribution in [2.75, 3.05) is 13.1 Å². The molecule has 3 rings (SSSR count). The average molecular weight is 301 g/mol. The summed E-state index contributed by atoms with van der Waals surface area (Å²) in [6, 6.07) is 4.17. The Labute approximate surface area is 130 Å². The Morgan fingerprint density at radius 2 is 2.33 bits per heavy atom. The predicted octanol–water partition coefficient (Wildman–Crippen LogP) is 3.93. The smallest absolute Gasteiger partial charge is 0.142 e. The van der Waals surface area contributed by atoms with Gasteiger partial charge < -0.3 is 5.32 Å². The molecule has 4 heteroatoms. The first-order valence-corrected chi connectivity index (χ1v) is 8.73. The van der Waals surface area contributed by atoms with Gasteiger partial charge in [-0.05, 0) is 56.8 Å². The number of nitrogens with one attached hydrogen (secondary N) is 1. The summed E-state index contributed by atoms with van der Waals surface area (Å²) in [5.74, 6) is 0.579. The molecule has 2 aromatic heterocycles. The number of aromatic nitrogens is 2. The van der Waals surface area contributed by atoms with E-state index in [0.29, 0.717) is 5.92 Å². The number of pyridine rings is 1. The molecule has 21 heavy (non-hydrogen) atoms. The Balaban J connectivity index is 1.83. The highest BCUT2D eigenvalue weighted by molar-refractivity contribution is 7.15. The summed E-state index contributed by atoms with van der Waals surface area (Å²) in [5, 5.41) is 4.64. The van der Waals surface area contributed by atoms with Gasteiger partial charge in [-0.2, -0.15) is 0 Å². The van der Waals surface area contributed by atoms with Gasteiger partial charge in [0.15, 0.2) is 0 Å². The topological polar surface area (TPSA) is 37.8 Å². The van der Waals surface area contributed by atoms with Crippen molar-refractivity contribution in [1.82, 2.24) is 15.3 Å². The minimum Gasteiger partial charge on any atom is -0.316 e. The van der Waals surface area contributed by atoms with Crippen molar-refractivity contribution < 1.29 is 0 Å². The molecule has 0 spiro atoms. The molecule has 1 unspecified atom stereocenters. The van der Waals surface area contributed by atoms with Gasteiger partial charge in [0, 0.05) is 23.5 Å². The molecule has 0 aliphatic heterocycles. The summed E-state index contributed by atoms with van der Waals surface area (Å²) in [4.78, 5) is 10.9. The first-order valence-electron chi connectivity index (χ1n) is 7.91. The normalized spacial score (nSPS) is 17.7. The lowest BCUT2D eigenvalue weighted by Crippen LogP contribution is -2.24. The zero-order valence-corrected chi connectivity index (χ0v) is 13.7. The Bertz CT molecular complexity index is 606. The van der Waals surface area contributed by atoms with E-state index in [4.69, 9.17) is 4.98 Å². The Morgan fingerprint density at radius 1 is 1.43 bits per heavy atom. The highest BCUT2D eigenvalue weighted by Gasteiger charge is 2.25. The molecule has 1 atom stereocenters. The zero-order chi connectivity index (χ0) is 14.7. The van der Waals surface area contributed by atoms with E-state index in [9.17, 15) is 0 Å². The van der Waals surface area contributed by atoms with Crippen LogP contribution in [0, 0.1) is 6.92 Å². The van der Waals surface area contributed by atoms with E-state index < -0.39 is 0 Å². The van der Waals surface area contributed by atoms with Crippen molar-refractivity contribution in [3.05, 3.63) is 34.5 Å². The molecular weight excluding hydrogens is 278 g/mol. The molecule has 0 bridgehead atoms. The SMILES string of the molecule is CCCNCC1CCCc2sc(-c3cc(C)ccn3)nc21. The van der Waals surface area contributed by atoms with Crippen molar-refractivity contribution >= 4 is 11.3 Å². The van der Waals surface area contributed by atoms with Crippen LogP contribution in [0.15, 0.2) is 18.3 Å². The number of aryl methyl sites for hydroxylation is 2. The van der Waals surface area contributed by atoms with Gasteiger partial charge in [-0.1, -0.05) is 6.92 Å². The minimum atomic E-state index is 0.579. The van der Waals surface area contributed by atoms with Gasteiger partial charge in [-0.3, -0.25) is 4.98 Å². The number of rotatable bonds is 5. The zero-order valence-electron chi connectivity index (χ0n) is 12.9. The third-order valence-electron chi connectivity index (χ3n) is 4.02. The molecule has 2 heterocycles. The quantitative estimate of drug-likeness (QED) is 0.850. The number of nitrogens with zero attached hydrogens (tertiary/aromatic N) is 2. The molecule has 0 radical (unpaired) electrons. The van der Waals surface area contributed by atoms with E-state index in [1.807, 2.05) is 23.6 Å². The van der Waals surface area contributed by atoms with E-state index in [1.54, 1.807) is 0 Å². The van der Waals surface area contributed by atoms with Crippen molar-refractivity contribution in [2.45, 2.75) is 45.4 Å². The summed E-state index contributed by atoms with van der Waals surface area (Å²) in [7, 11) is 0. The molecule has 112 valence electrons. The summed E-state index contributed by atoms with van der Waals surface area (Å²) in [5.41, 5.74) is 3.59. The molecule has 0 saturated heterocycles. The van der Waals surface area contributed by atoms with Gasteiger partial charge in [0.25, 0.3) is 0 Å². The second-order valence-corrected chi connectivity index (χ2v) is 6.92. The molecule has 0 fully saturated rings. The maximum atomic E-state index is 4.94. The van der Waals surface area contributed by atoms with Gasteiger partial charge in [0.2, 0.25) is 0 Å². The van der Waals surface area contributed by atoms with Crippen LogP contribution in [-0.2, 0) is 6.42 Å². The third-order valence-corrected chi connectivity index (χ3v) is 5.18. The fraction of sp³-hybridized carbons (Fsp3) is 0.529. The molecule has 1 aliphatic rings. The lowest BCUT2D eigenvalue weighted by Gasteiger charge is -2.21. The van der Waals surface area contributed by atoms with E-state index in [0.717, 1.165) is 23.8 Å². The number of hydrogen-bond acceptors (Lipinski definition) is 4. The fourth-order valence-corrected chi connectivity index (χ4v) is 4.08. The second-order valence-electron chi connectivity index (χ2n) is 5.84. The van der Waals surface area contributed by atoms with E-state index >= 15 is 0 Å². The Kier molecular flexibility index (Phi) is 4.66. The minimum absolute atomic E-state index is 0.579. The highest BCUT2D eigenvalue weighted by atomic mass is 32.1. The number of fused-ring (bicyclic) bond motifs is 1. The average Bonchev–Trinajstić information content (AvgIpc) is 2.92. The van der Waals surface area contributed by atoms with Crippen LogP contribution in [0.3, 0.4) is 0 Å². The molecule has 3 nitrogen and oxygen atoms in total. The van der Waals surface area contributed by atoms with Gasteiger partial charge in [-0.15, -0.1) is 11.3 Å². The van der Waals surface area contributed by atoms with Crippen LogP contribution in [-0.4, -0.2) is 23.1 Å². The van der Waals surface area contributed by atoms with Crippen LogP contribution in [0.25, 0.3) is 10.7 Å². The van der Waals surface area contributed by atoms with E-state index in [1.165, 1.54) is 41.8 Å². The van der Waals surface area contributed by atoms with Gasteiger partial charge in [-0.25, -0.2) is 4.98 Å². The first kappa shape index (κ1) is 14.7. The maximum Gasteiger partial charge on any atom is 0.142 e. The van der Waals surface area contributed by atoms with Gasteiger partial charge in [0.05, 0.1) is 11.4 Å². The van der Waals surface area contributed by atoms with E-state index in [-0.39, 0.29) is 0 Å². The Morgan fingerprint density at radius 3 is 3.14 bits per heavy atom. The van der Waals surface area contributed by atoms with Crippen molar-refractivity contribution in [2.24, 2.45) is 0 Å².